The number of hydrogen-bond acceptors (Lipinski definition) is 4. The Labute approximate surface area is 116 Å². The molecule has 2 atom stereocenters. The lowest BCUT2D eigenvalue weighted by molar-refractivity contribution is -0.142. The molecular weight excluding hydrogens is 260 g/mol. The van der Waals surface area contributed by atoms with Gasteiger partial charge in [0.15, 0.2) is 0 Å². The van der Waals surface area contributed by atoms with Gasteiger partial charge in [0.1, 0.15) is 12.1 Å². The smallest absolute Gasteiger partial charge is 0.305 e. The molecule has 1 aromatic rings. The van der Waals surface area contributed by atoms with Crippen molar-refractivity contribution in [2.24, 2.45) is 0 Å². The molecule has 0 saturated carbocycles. The standard InChI is InChI=1S/C14H16N2O4/c1-20-11(17)8-7-10-13(18)16-12(14(19)15-10)9-5-3-2-4-6-9/h2-6,10,12H,7-8H2,1H3,(H,15,19)(H,16,18)/t10-,12-/m0/s1. The molecule has 2 N–H and O–H groups in total. The highest BCUT2D eigenvalue weighted by molar-refractivity contribution is 5.97. The SMILES string of the molecule is COC(=O)CC[C@@H]1NC(=O)[C@H](c2ccccc2)NC1=O. The third-order valence-electron chi connectivity index (χ3n) is 3.18. The van der Waals surface area contributed by atoms with E-state index in [9.17, 15) is 14.4 Å². The molecule has 1 aliphatic heterocycles. The van der Waals surface area contributed by atoms with E-state index in [2.05, 4.69) is 15.4 Å². The fraction of sp³-hybridized carbons (Fsp3) is 0.357. The van der Waals surface area contributed by atoms with Gasteiger partial charge in [-0.15, -0.1) is 0 Å². The summed E-state index contributed by atoms with van der Waals surface area (Å²) in [6.45, 7) is 0. The average molecular weight is 276 g/mol. The van der Waals surface area contributed by atoms with E-state index in [1.54, 1.807) is 24.3 Å². The van der Waals surface area contributed by atoms with Crippen LogP contribution in [0.2, 0.25) is 0 Å². The van der Waals surface area contributed by atoms with E-state index in [0.29, 0.717) is 0 Å². The van der Waals surface area contributed by atoms with Crippen LogP contribution in [-0.4, -0.2) is 30.9 Å². The second-order valence-electron chi connectivity index (χ2n) is 4.53. The maximum absolute atomic E-state index is 12.0. The molecule has 1 heterocycles. The summed E-state index contributed by atoms with van der Waals surface area (Å²) in [6, 6.07) is 7.62. The first-order valence-corrected chi connectivity index (χ1v) is 6.34. The number of methoxy groups -OCH3 is 1. The first kappa shape index (κ1) is 14.0. The number of carbonyl (C=O) groups is 3. The van der Waals surface area contributed by atoms with Crippen molar-refractivity contribution in [1.29, 1.82) is 0 Å². The highest BCUT2D eigenvalue weighted by Crippen LogP contribution is 2.17. The van der Waals surface area contributed by atoms with Gasteiger partial charge >= 0.3 is 5.97 Å². The number of piperazine rings is 1. The molecule has 6 nitrogen and oxygen atoms in total. The molecule has 0 spiro atoms. The van der Waals surface area contributed by atoms with Crippen molar-refractivity contribution in [3.05, 3.63) is 35.9 Å². The van der Waals surface area contributed by atoms with E-state index in [1.807, 2.05) is 6.07 Å². The molecule has 0 aliphatic carbocycles. The van der Waals surface area contributed by atoms with Gasteiger partial charge in [0.05, 0.1) is 7.11 Å². The van der Waals surface area contributed by atoms with Gasteiger partial charge in [-0.3, -0.25) is 14.4 Å². The van der Waals surface area contributed by atoms with Crippen LogP contribution >= 0.6 is 0 Å². The summed E-state index contributed by atoms with van der Waals surface area (Å²) in [5, 5.41) is 5.31. The summed E-state index contributed by atoms with van der Waals surface area (Å²) in [4.78, 5) is 35.0. The largest absolute Gasteiger partial charge is 0.469 e. The summed E-state index contributed by atoms with van der Waals surface area (Å²) in [7, 11) is 1.29. The minimum absolute atomic E-state index is 0.0882. The van der Waals surface area contributed by atoms with Crippen molar-refractivity contribution in [3.63, 3.8) is 0 Å². The Balaban J connectivity index is 2.00. The first-order chi connectivity index (χ1) is 9.61. The molecule has 0 radical (unpaired) electrons. The van der Waals surface area contributed by atoms with Crippen molar-refractivity contribution < 1.29 is 19.1 Å². The Morgan fingerprint density at radius 1 is 1.15 bits per heavy atom. The number of esters is 1. The van der Waals surface area contributed by atoms with Crippen LogP contribution in [0.25, 0.3) is 0 Å². The van der Waals surface area contributed by atoms with E-state index in [0.717, 1.165) is 5.56 Å². The van der Waals surface area contributed by atoms with Crippen LogP contribution in [0.3, 0.4) is 0 Å². The topological polar surface area (TPSA) is 84.5 Å². The molecule has 2 amide bonds. The zero-order chi connectivity index (χ0) is 14.5. The molecule has 1 aromatic carbocycles. The van der Waals surface area contributed by atoms with E-state index in [1.165, 1.54) is 7.11 Å². The molecule has 1 saturated heterocycles. The molecule has 1 fully saturated rings. The number of nitrogens with one attached hydrogen (secondary N) is 2. The maximum Gasteiger partial charge on any atom is 0.305 e. The van der Waals surface area contributed by atoms with Gasteiger partial charge in [-0.2, -0.15) is 0 Å². The third-order valence-corrected chi connectivity index (χ3v) is 3.18. The number of rotatable bonds is 4. The lowest BCUT2D eigenvalue weighted by atomic mass is 10.0. The molecule has 106 valence electrons. The number of amides is 2. The van der Waals surface area contributed by atoms with Gasteiger partial charge in [-0.05, 0) is 12.0 Å². The number of benzene rings is 1. The maximum atomic E-state index is 12.0. The van der Waals surface area contributed by atoms with E-state index >= 15 is 0 Å². The molecule has 0 aromatic heterocycles. The van der Waals surface area contributed by atoms with Crippen molar-refractivity contribution in [3.8, 4) is 0 Å². The molecule has 6 heteroatoms. The molecule has 0 unspecified atom stereocenters. The van der Waals surface area contributed by atoms with Crippen molar-refractivity contribution in [1.82, 2.24) is 10.6 Å². The van der Waals surface area contributed by atoms with Crippen molar-refractivity contribution >= 4 is 17.8 Å². The number of carbonyl (C=O) groups excluding carboxylic acids is 3. The van der Waals surface area contributed by atoms with E-state index < -0.39 is 18.1 Å². The van der Waals surface area contributed by atoms with Crippen LogP contribution in [0, 0.1) is 0 Å². The second kappa shape index (κ2) is 6.18. The van der Waals surface area contributed by atoms with Crippen LogP contribution in [-0.2, 0) is 19.1 Å². The van der Waals surface area contributed by atoms with Gasteiger partial charge in [-0.25, -0.2) is 0 Å². The third kappa shape index (κ3) is 3.14. The van der Waals surface area contributed by atoms with Crippen molar-refractivity contribution in [2.45, 2.75) is 24.9 Å². The summed E-state index contributed by atoms with van der Waals surface area (Å²) in [6.07, 6.45) is 0.316. The average Bonchev–Trinajstić information content (AvgIpc) is 2.48. The van der Waals surface area contributed by atoms with Crippen LogP contribution in [0.5, 0.6) is 0 Å². The van der Waals surface area contributed by atoms with Gasteiger partial charge in [0.2, 0.25) is 11.8 Å². The summed E-state index contributed by atoms with van der Waals surface area (Å²) < 4.78 is 4.51. The van der Waals surface area contributed by atoms with Crippen LogP contribution in [0.4, 0.5) is 0 Å². The Morgan fingerprint density at radius 3 is 2.50 bits per heavy atom. The van der Waals surface area contributed by atoms with Gasteiger partial charge in [0.25, 0.3) is 0 Å². The predicted octanol–water partition coefficient (Wildman–Crippen LogP) is 0.295. The molecular formula is C14H16N2O4. The fourth-order valence-corrected chi connectivity index (χ4v) is 2.08. The zero-order valence-electron chi connectivity index (χ0n) is 11.1. The second-order valence-corrected chi connectivity index (χ2v) is 4.53. The molecule has 20 heavy (non-hydrogen) atoms. The zero-order valence-corrected chi connectivity index (χ0v) is 11.1. The summed E-state index contributed by atoms with van der Waals surface area (Å²) in [5.41, 5.74) is 0.727. The van der Waals surface area contributed by atoms with E-state index in [-0.39, 0.29) is 24.7 Å². The van der Waals surface area contributed by atoms with Crippen LogP contribution in [0.15, 0.2) is 30.3 Å². The molecule has 1 aliphatic rings. The van der Waals surface area contributed by atoms with Crippen molar-refractivity contribution in [2.75, 3.05) is 7.11 Å². The van der Waals surface area contributed by atoms with Gasteiger partial charge in [-0.1, -0.05) is 30.3 Å². The minimum Gasteiger partial charge on any atom is -0.469 e. The van der Waals surface area contributed by atoms with Gasteiger partial charge in [0, 0.05) is 6.42 Å². The molecule has 2 rings (SSSR count). The number of ether oxygens (including phenoxy) is 1. The Morgan fingerprint density at radius 2 is 1.85 bits per heavy atom. The predicted molar refractivity (Wildman–Crippen MR) is 70.5 cm³/mol. The fourth-order valence-electron chi connectivity index (χ4n) is 2.08. The van der Waals surface area contributed by atoms with E-state index in [4.69, 9.17) is 0 Å². The van der Waals surface area contributed by atoms with Gasteiger partial charge < -0.3 is 15.4 Å². The highest BCUT2D eigenvalue weighted by atomic mass is 16.5. The van der Waals surface area contributed by atoms with Crippen LogP contribution < -0.4 is 10.6 Å². The Bertz CT molecular complexity index is 515. The lowest BCUT2D eigenvalue weighted by Crippen LogP contribution is -2.57. The number of hydrogen-bond donors (Lipinski definition) is 2. The lowest BCUT2D eigenvalue weighted by Gasteiger charge is -2.29. The summed E-state index contributed by atoms with van der Waals surface area (Å²) >= 11 is 0. The Kier molecular flexibility index (Phi) is 4.34. The van der Waals surface area contributed by atoms with Crippen LogP contribution in [0.1, 0.15) is 24.4 Å². The quantitative estimate of drug-likeness (QED) is 0.774. The summed E-state index contributed by atoms with van der Waals surface area (Å²) in [5.74, 6) is -0.967. The Hall–Kier alpha value is -2.37. The minimum atomic E-state index is -0.693. The highest BCUT2D eigenvalue weighted by Gasteiger charge is 2.34. The first-order valence-electron chi connectivity index (χ1n) is 6.34. The molecule has 0 bridgehead atoms. The normalized spacial score (nSPS) is 21.9. The monoisotopic (exact) mass is 276 g/mol.